The molecule has 0 saturated heterocycles. The van der Waals surface area contributed by atoms with Gasteiger partial charge in [-0.1, -0.05) is 24.9 Å². The van der Waals surface area contributed by atoms with Crippen molar-refractivity contribution in [3.05, 3.63) is 17.0 Å². The normalized spacial score (nSPS) is 22.6. The van der Waals surface area contributed by atoms with E-state index in [2.05, 4.69) is 22.7 Å². The molecule has 3 atom stereocenters. The number of ether oxygens (including phenoxy) is 1. The summed E-state index contributed by atoms with van der Waals surface area (Å²) in [4.78, 5) is 12.0. The molecule has 1 fully saturated rings. The second kappa shape index (κ2) is 8.34. The van der Waals surface area contributed by atoms with E-state index < -0.39 is 0 Å². The van der Waals surface area contributed by atoms with E-state index in [-0.39, 0.29) is 12.1 Å². The van der Waals surface area contributed by atoms with Crippen LogP contribution in [0, 0.1) is 19.8 Å². The second-order valence-electron chi connectivity index (χ2n) is 6.53. The highest BCUT2D eigenvalue weighted by Crippen LogP contribution is 2.26. The quantitative estimate of drug-likeness (QED) is 0.788. The van der Waals surface area contributed by atoms with Crippen molar-refractivity contribution >= 4 is 6.03 Å². The first-order valence-corrected chi connectivity index (χ1v) is 8.57. The van der Waals surface area contributed by atoms with Crippen LogP contribution in [0.4, 0.5) is 4.79 Å². The number of carbonyl (C=O) groups is 1. The predicted molar refractivity (Wildman–Crippen MR) is 88.3 cm³/mol. The van der Waals surface area contributed by atoms with Crippen LogP contribution in [-0.4, -0.2) is 30.4 Å². The van der Waals surface area contributed by atoms with Gasteiger partial charge in [-0.25, -0.2) is 4.79 Å². The molecule has 1 saturated carbocycles. The molecular weight excluding hydrogens is 294 g/mol. The van der Waals surface area contributed by atoms with Gasteiger partial charge in [-0.15, -0.1) is 0 Å². The Morgan fingerprint density at radius 1 is 1.39 bits per heavy atom. The van der Waals surface area contributed by atoms with E-state index in [0.29, 0.717) is 25.2 Å². The molecule has 1 aromatic heterocycles. The average Bonchev–Trinajstić information content (AvgIpc) is 2.84. The standard InChI is InChI=1S/C17H29N3O3/c1-11-7-5-6-8-15(11)22-10-9-18-17(21)19-12(2)16-13(3)20-23-14(16)4/h11-12,15H,5-10H2,1-4H3,(H2,18,19,21)/t11-,12-,15-/m0/s1. The predicted octanol–water partition coefficient (Wildman–Crippen LogP) is 3.25. The van der Waals surface area contributed by atoms with Crippen LogP contribution < -0.4 is 10.6 Å². The maximum atomic E-state index is 12.0. The summed E-state index contributed by atoms with van der Waals surface area (Å²) in [5.74, 6) is 1.36. The smallest absolute Gasteiger partial charge is 0.315 e. The van der Waals surface area contributed by atoms with E-state index in [1.54, 1.807) is 0 Å². The summed E-state index contributed by atoms with van der Waals surface area (Å²) in [5, 5.41) is 9.66. The Morgan fingerprint density at radius 3 is 2.78 bits per heavy atom. The Hall–Kier alpha value is -1.56. The summed E-state index contributed by atoms with van der Waals surface area (Å²) >= 11 is 0. The van der Waals surface area contributed by atoms with Gasteiger partial charge in [0.2, 0.25) is 0 Å². The number of hydrogen-bond donors (Lipinski definition) is 2. The van der Waals surface area contributed by atoms with Gasteiger partial charge in [-0.3, -0.25) is 0 Å². The van der Waals surface area contributed by atoms with Gasteiger partial charge in [0, 0.05) is 12.1 Å². The number of nitrogens with one attached hydrogen (secondary N) is 2. The van der Waals surface area contributed by atoms with Crippen LogP contribution in [0.25, 0.3) is 0 Å². The highest BCUT2D eigenvalue weighted by molar-refractivity contribution is 5.74. The number of amides is 2. The van der Waals surface area contributed by atoms with Crippen molar-refractivity contribution in [1.82, 2.24) is 15.8 Å². The fourth-order valence-electron chi connectivity index (χ4n) is 3.33. The summed E-state index contributed by atoms with van der Waals surface area (Å²) in [5.41, 5.74) is 1.75. The van der Waals surface area contributed by atoms with Gasteiger partial charge in [0.15, 0.2) is 0 Å². The molecule has 2 N–H and O–H groups in total. The maximum Gasteiger partial charge on any atom is 0.315 e. The molecule has 6 heteroatoms. The van der Waals surface area contributed by atoms with Gasteiger partial charge in [0.05, 0.1) is 24.4 Å². The molecule has 6 nitrogen and oxygen atoms in total. The first kappa shape index (κ1) is 17.8. The third-order valence-electron chi connectivity index (χ3n) is 4.62. The first-order chi connectivity index (χ1) is 11.0. The van der Waals surface area contributed by atoms with E-state index in [0.717, 1.165) is 23.4 Å². The zero-order valence-electron chi connectivity index (χ0n) is 14.6. The lowest BCUT2D eigenvalue weighted by atomic mass is 9.88. The van der Waals surface area contributed by atoms with Crippen molar-refractivity contribution in [2.24, 2.45) is 5.92 Å². The second-order valence-corrected chi connectivity index (χ2v) is 6.53. The van der Waals surface area contributed by atoms with Gasteiger partial charge < -0.3 is 19.9 Å². The largest absolute Gasteiger partial charge is 0.376 e. The lowest BCUT2D eigenvalue weighted by Crippen LogP contribution is -2.39. The molecule has 1 aliphatic rings. The number of carbonyl (C=O) groups excluding carboxylic acids is 1. The fourth-order valence-corrected chi connectivity index (χ4v) is 3.33. The summed E-state index contributed by atoms with van der Waals surface area (Å²) in [6, 6.07) is -0.335. The van der Waals surface area contributed by atoms with Crippen LogP contribution >= 0.6 is 0 Å². The van der Waals surface area contributed by atoms with E-state index >= 15 is 0 Å². The molecule has 1 heterocycles. The Labute approximate surface area is 138 Å². The molecule has 23 heavy (non-hydrogen) atoms. The van der Waals surface area contributed by atoms with Crippen LogP contribution in [0.1, 0.15) is 62.6 Å². The minimum atomic E-state index is -0.196. The summed E-state index contributed by atoms with van der Waals surface area (Å²) < 4.78 is 11.0. The minimum Gasteiger partial charge on any atom is -0.376 e. The molecule has 1 aliphatic carbocycles. The summed E-state index contributed by atoms with van der Waals surface area (Å²) in [7, 11) is 0. The van der Waals surface area contributed by atoms with Gasteiger partial charge in [0.1, 0.15) is 5.76 Å². The zero-order valence-corrected chi connectivity index (χ0v) is 14.6. The van der Waals surface area contributed by atoms with Crippen LogP contribution in [0.15, 0.2) is 4.52 Å². The molecule has 2 rings (SSSR count). The van der Waals surface area contributed by atoms with E-state index in [1.807, 2.05) is 20.8 Å². The Morgan fingerprint density at radius 2 is 2.13 bits per heavy atom. The summed E-state index contributed by atoms with van der Waals surface area (Å²) in [6.45, 7) is 8.97. The topological polar surface area (TPSA) is 76.4 Å². The van der Waals surface area contributed by atoms with Crippen molar-refractivity contribution in [3.8, 4) is 0 Å². The molecule has 0 unspecified atom stereocenters. The monoisotopic (exact) mass is 323 g/mol. The van der Waals surface area contributed by atoms with Gasteiger partial charge in [-0.05, 0) is 39.5 Å². The van der Waals surface area contributed by atoms with E-state index in [9.17, 15) is 4.79 Å². The number of aromatic nitrogens is 1. The van der Waals surface area contributed by atoms with Crippen LogP contribution in [-0.2, 0) is 4.74 Å². The maximum absolute atomic E-state index is 12.0. The molecule has 0 aromatic carbocycles. The van der Waals surface area contributed by atoms with Crippen molar-refractivity contribution in [2.45, 2.75) is 65.5 Å². The minimum absolute atomic E-state index is 0.138. The average molecular weight is 323 g/mol. The van der Waals surface area contributed by atoms with Crippen molar-refractivity contribution in [1.29, 1.82) is 0 Å². The number of rotatable bonds is 6. The van der Waals surface area contributed by atoms with Crippen molar-refractivity contribution < 1.29 is 14.1 Å². The van der Waals surface area contributed by atoms with E-state index in [4.69, 9.17) is 9.26 Å². The Kier molecular flexibility index (Phi) is 6.45. The number of hydrogen-bond acceptors (Lipinski definition) is 4. The highest BCUT2D eigenvalue weighted by atomic mass is 16.5. The van der Waals surface area contributed by atoms with Crippen molar-refractivity contribution in [2.75, 3.05) is 13.2 Å². The van der Waals surface area contributed by atoms with Gasteiger partial charge >= 0.3 is 6.03 Å². The molecule has 1 aromatic rings. The fraction of sp³-hybridized carbons (Fsp3) is 0.765. The SMILES string of the molecule is Cc1noc(C)c1[C@H](C)NC(=O)NCCO[C@H]1CCCC[C@@H]1C. The lowest BCUT2D eigenvalue weighted by molar-refractivity contribution is -0.00244. The third kappa shape index (κ3) is 4.96. The highest BCUT2D eigenvalue weighted by Gasteiger charge is 2.22. The van der Waals surface area contributed by atoms with E-state index in [1.165, 1.54) is 19.3 Å². The Bertz CT molecular complexity index is 496. The zero-order chi connectivity index (χ0) is 16.8. The van der Waals surface area contributed by atoms with Crippen molar-refractivity contribution in [3.63, 3.8) is 0 Å². The van der Waals surface area contributed by atoms with Gasteiger partial charge in [0.25, 0.3) is 0 Å². The third-order valence-corrected chi connectivity index (χ3v) is 4.62. The molecular formula is C17H29N3O3. The van der Waals surface area contributed by atoms with Crippen LogP contribution in [0.5, 0.6) is 0 Å². The molecule has 0 spiro atoms. The Balaban J connectivity index is 1.67. The van der Waals surface area contributed by atoms with Crippen LogP contribution in [0.2, 0.25) is 0 Å². The van der Waals surface area contributed by atoms with Crippen LogP contribution in [0.3, 0.4) is 0 Å². The molecule has 0 aliphatic heterocycles. The number of aryl methyl sites for hydroxylation is 2. The first-order valence-electron chi connectivity index (χ1n) is 8.57. The number of nitrogens with zero attached hydrogens (tertiary/aromatic N) is 1. The summed E-state index contributed by atoms with van der Waals surface area (Å²) in [6.07, 6.45) is 5.28. The molecule has 0 bridgehead atoms. The molecule has 130 valence electrons. The van der Waals surface area contributed by atoms with Gasteiger partial charge in [-0.2, -0.15) is 0 Å². The number of urea groups is 1. The lowest BCUT2D eigenvalue weighted by Gasteiger charge is -2.28. The molecule has 0 radical (unpaired) electrons. The molecule has 2 amide bonds.